The lowest BCUT2D eigenvalue weighted by atomic mass is 9.82. The molecule has 2 fully saturated rings. The van der Waals surface area contributed by atoms with Gasteiger partial charge in [0.1, 0.15) is 23.4 Å². The summed E-state index contributed by atoms with van der Waals surface area (Å²) in [5.74, 6) is 0.734. The lowest BCUT2D eigenvalue weighted by Crippen LogP contribution is -2.48. The number of benzene rings is 1. The second-order valence-electron chi connectivity index (χ2n) is 9.30. The van der Waals surface area contributed by atoms with Crippen molar-refractivity contribution in [3.05, 3.63) is 54.0 Å². The van der Waals surface area contributed by atoms with E-state index >= 15 is 0 Å². The van der Waals surface area contributed by atoms with E-state index in [0.29, 0.717) is 25.0 Å². The third-order valence-corrected chi connectivity index (χ3v) is 6.83. The quantitative estimate of drug-likeness (QED) is 0.574. The molecule has 1 aromatic carbocycles. The molecule has 2 atom stereocenters. The van der Waals surface area contributed by atoms with Gasteiger partial charge in [0.15, 0.2) is 0 Å². The van der Waals surface area contributed by atoms with E-state index in [0.717, 1.165) is 54.6 Å². The van der Waals surface area contributed by atoms with E-state index in [1.54, 1.807) is 0 Å². The Morgan fingerprint density at radius 3 is 2.48 bits per heavy atom. The third-order valence-electron chi connectivity index (χ3n) is 6.83. The van der Waals surface area contributed by atoms with Crippen molar-refractivity contribution < 1.29 is 23.4 Å². The predicted octanol–water partition coefficient (Wildman–Crippen LogP) is 4.29. The van der Waals surface area contributed by atoms with E-state index in [2.05, 4.69) is 14.9 Å². The maximum absolute atomic E-state index is 12.9. The normalized spacial score (nSPS) is 23.7. The molecule has 0 radical (unpaired) electrons. The molecule has 2 saturated carbocycles. The van der Waals surface area contributed by atoms with Gasteiger partial charge in [-0.1, -0.05) is 25.0 Å². The van der Waals surface area contributed by atoms with E-state index in [1.807, 2.05) is 16.8 Å². The molecule has 0 amide bonds. The highest BCUT2D eigenvalue weighted by Gasteiger charge is 2.39. The minimum Gasteiger partial charge on any atom is -0.390 e. The van der Waals surface area contributed by atoms with Crippen molar-refractivity contribution in [2.24, 2.45) is 0 Å². The largest absolute Gasteiger partial charge is 0.416 e. The Balaban J connectivity index is 1.43. The van der Waals surface area contributed by atoms with Gasteiger partial charge in [-0.2, -0.15) is 13.2 Å². The van der Waals surface area contributed by atoms with Crippen LogP contribution >= 0.6 is 0 Å². The molecule has 6 nitrogen and oxygen atoms in total. The molecule has 3 aromatic rings. The van der Waals surface area contributed by atoms with Crippen LogP contribution in [0.25, 0.3) is 11.0 Å². The van der Waals surface area contributed by atoms with Crippen molar-refractivity contribution in [2.75, 3.05) is 4.90 Å². The summed E-state index contributed by atoms with van der Waals surface area (Å²) >= 11 is 0. The number of rotatable bonds is 6. The third kappa shape index (κ3) is 4.44. The van der Waals surface area contributed by atoms with Crippen LogP contribution in [0.2, 0.25) is 0 Å². The first kappa shape index (κ1) is 22.2. The standard InChI is InChI=1S/C24H27F3N4O2/c25-24(26,27)17-6-4-16(5-7-17)13-31(18-8-9-18)22-19-10-12-30(21(19)28-15-29-22)14-23(33)11-2-1-3-20(23)32/h4-7,10,12,15,18,20,32-33H,1-3,8-9,11,13-14H2. The Labute approximate surface area is 189 Å². The zero-order valence-corrected chi connectivity index (χ0v) is 18.2. The summed E-state index contributed by atoms with van der Waals surface area (Å²) in [7, 11) is 0. The van der Waals surface area contributed by atoms with Crippen LogP contribution in [0.4, 0.5) is 19.0 Å². The first-order chi connectivity index (χ1) is 15.7. The van der Waals surface area contributed by atoms with E-state index in [-0.39, 0.29) is 12.6 Å². The first-order valence-corrected chi connectivity index (χ1v) is 11.4. The van der Waals surface area contributed by atoms with E-state index in [9.17, 15) is 23.4 Å². The van der Waals surface area contributed by atoms with Gasteiger partial charge in [0.25, 0.3) is 0 Å². The van der Waals surface area contributed by atoms with Gasteiger partial charge in [-0.15, -0.1) is 0 Å². The molecular weight excluding hydrogens is 433 g/mol. The molecule has 0 saturated heterocycles. The molecule has 9 heteroatoms. The van der Waals surface area contributed by atoms with Crippen LogP contribution in [0.5, 0.6) is 0 Å². The van der Waals surface area contributed by atoms with Crippen molar-refractivity contribution in [1.82, 2.24) is 14.5 Å². The Kier molecular flexibility index (Phi) is 5.56. The fraction of sp³-hybridized carbons (Fsp3) is 0.500. The zero-order chi connectivity index (χ0) is 23.2. The Morgan fingerprint density at radius 1 is 1.06 bits per heavy atom. The molecule has 0 aliphatic heterocycles. The van der Waals surface area contributed by atoms with Gasteiger partial charge in [0.2, 0.25) is 0 Å². The molecule has 0 bridgehead atoms. The minimum absolute atomic E-state index is 0.246. The van der Waals surface area contributed by atoms with Crippen LogP contribution < -0.4 is 4.90 Å². The summed E-state index contributed by atoms with van der Waals surface area (Å²) in [6.07, 6.45) is 3.10. The van der Waals surface area contributed by atoms with Crippen molar-refractivity contribution in [2.45, 2.75) is 75.5 Å². The van der Waals surface area contributed by atoms with Gasteiger partial charge in [0.05, 0.1) is 23.6 Å². The van der Waals surface area contributed by atoms with Gasteiger partial charge >= 0.3 is 6.18 Å². The first-order valence-electron chi connectivity index (χ1n) is 11.4. The van der Waals surface area contributed by atoms with Crippen LogP contribution in [-0.2, 0) is 19.3 Å². The second-order valence-corrected chi connectivity index (χ2v) is 9.30. The van der Waals surface area contributed by atoms with Gasteiger partial charge < -0.3 is 19.7 Å². The lowest BCUT2D eigenvalue weighted by molar-refractivity contribution is -0.137. The predicted molar refractivity (Wildman–Crippen MR) is 118 cm³/mol. The monoisotopic (exact) mass is 460 g/mol. The maximum atomic E-state index is 12.9. The summed E-state index contributed by atoms with van der Waals surface area (Å²) in [5.41, 5.74) is -0.398. The number of aliphatic hydroxyl groups excluding tert-OH is 1. The molecule has 2 heterocycles. The van der Waals surface area contributed by atoms with Crippen molar-refractivity contribution >= 4 is 16.9 Å². The van der Waals surface area contributed by atoms with E-state index < -0.39 is 23.4 Å². The molecule has 0 spiro atoms. The number of hydrogen-bond acceptors (Lipinski definition) is 5. The zero-order valence-electron chi connectivity index (χ0n) is 18.2. The van der Waals surface area contributed by atoms with Gasteiger partial charge in [-0.3, -0.25) is 0 Å². The highest BCUT2D eigenvalue weighted by Crippen LogP contribution is 2.37. The molecule has 2 aliphatic rings. The Bertz CT molecular complexity index is 1130. The van der Waals surface area contributed by atoms with Crippen LogP contribution in [0.1, 0.15) is 49.7 Å². The minimum atomic E-state index is -4.35. The van der Waals surface area contributed by atoms with E-state index in [4.69, 9.17) is 0 Å². The number of fused-ring (bicyclic) bond motifs is 1. The smallest absolute Gasteiger partial charge is 0.390 e. The summed E-state index contributed by atoms with van der Waals surface area (Å²) in [5, 5.41) is 22.2. The fourth-order valence-corrected chi connectivity index (χ4v) is 4.79. The van der Waals surface area contributed by atoms with Crippen LogP contribution in [0.15, 0.2) is 42.9 Å². The molecule has 5 rings (SSSR count). The lowest BCUT2D eigenvalue weighted by Gasteiger charge is -2.37. The molecule has 2 aromatic heterocycles. The summed E-state index contributed by atoms with van der Waals surface area (Å²) < 4.78 is 40.6. The van der Waals surface area contributed by atoms with Crippen molar-refractivity contribution in [3.8, 4) is 0 Å². The second kappa shape index (κ2) is 8.29. The molecule has 2 aliphatic carbocycles. The van der Waals surface area contributed by atoms with Gasteiger partial charge in [0, 0.05) is 18.8 Å². The Morgan fingerprint density at radius 2 is 1.82 bits per heavy atom. The number of aliphatic hydroxyl groups is 2. The van der Waals surface area contributed by atoms with Crippen molar-refractivity contribution in [3.63, 3.8) is 0 Å². The van der Waals surface area contributed by atoms with Crippen LogP contribution in [0, 0.1) is 0 Å². The number of alkyl halides is 3. The van der Waals surface area contributed by atoms with Crippen molar-refractivity contribution in [1.29, 1.82) is 0 Å². The fourth-order valence-electron chi connectivity index (χ4n) is 4.79. The van der Waals surface area contributed by atoms with Crippen LogP contribution in [0.3, 0.4) is 0 Å². The number of hydrogen-bond donors (Lipinski definition) is 2. The number of aromatic nitrogens is 3. The highest BCUT2D eigenvalue weighted by atomic mass is 19.4. The van der Waals surface area contributed by atoms with Gasteiger partial charge in [-0.25, -0.2) is 9.97 Å². The summed E-state index contributed by atoms with van der Waals surface area (Å²) in [6, 6.07) is 7.44. The average molecular weight is 461 g/mol. The number of halogens is 3. The number of nitrogens with zero attached hydrogens (tertiary/aromatic N) is 4. The summed E-state index contributed by atoms with van der Waals surface area (Å²) in [6.45, 7) is 0.694. The average Bonchev–Trinajstić information content (AvgIpc) is 3.55. The summed E-state index contributed by atoms with van der Waals surface area (Å²) in [4.78, 5) is 11.1. The molecular formula is C24H27F3N4O2. The van der Waals surface area contributed by atoms with E-state index in [1.165, 1.54) is 18.5 Å². The molecule has 2 N–H and O–H groups in total. The SMILES string of the molecule is OC1CCCCC1(O)Cn1ccc2c(N(Cc3ccc(C(F)(F)F)cc3)C3CC3)ncnc21. The highest BCUT2D eigenvalue weighted by molar-refractivity contribution is 5.88. The maximum Gasteiger partial charge on any atom is 0.416 e. The Hall–Kier alpha value is -2.65. The van der Waals surface area contributed by atoms with Crippen LogP contribution in [-0.4, -0.2) is 42.5 Å². The number of anilines is 1. The van der Waals surface area contributed by atoms with Gasteiger partial charge in [-0.05, 0) is 49.4 Å². The molecule has 176 valence electrons. The molecule has 33 heavy (non-hydrogen) atoms. The molecule has 2 unspecified atom stereocenters. The topological polar surface area (TPSA) is 74.4 Å².